The highest BCUT2D eigenvalue weighted by atomic mass is 79.9. The van der Waals surface area contributed by atoms with Crippen LogP contribution >= 0.6 is 15.9 Å². The molecule has 0 aliphatic carbocycles. The zero-order valence-electron chi connectivity index (χ0n) is 17.2. The lowest BCUT2D eigenvalue weighted by Crippen LogP contribution is -2.30. The van der Waals surface area contributed by atoms with Crippen LogP contribution in [-0.2, 0) is 0 Å². The van der Waals surface area contributed by atoms with Gasteiger partial charge in [0.1, 0.15) is 17.2 Å². The Kier molecular flexibility index (Phi) is 5.27. The number of hydrogen-bond acceptors (Lipinski definition) is 5. The minimum Gasteiger partial charge on any atom is -0.494 e. The molecule has 1 aliphatic heterocycles. The normalized spacial score (nSPS) is 15.2. The van der Waals surface area contributed by atoms with Crippen molar-refractivity contribution in [3.63, 3.8) is 0 Å². The fourth-order valence-electron chi connectivity index (χ4n) is 3.99. The molecule has 2 aromatic heterocycles. The van der Waals surface area contributed by atoms with Gasteiger partial charge in [0.2, 0.25) is 5.76 Å². The lowest BCUT2D eigenvalue weighted by molar-refractivity contribution is 0.0970. The summed E-state index contributed by atoms with van der Waals surface area (Å²) in [4.78, 5) is 33.0. The predicted molar refractivity (Wildman–Crippen MR) is 125 cm³/mol. The summed E-state index contributed by atoms with van der Waals surface area (Å²) in [5.74, 6) is 0.767. The zero-order chi connectivity index (χ0) is 22.2. The van der Waals surface area contributed by atoms with E-state index in [1.807, 2.05) is 31.2 Å². The van der Waals surface area contributed by atoms with Gasteiger partial charge in [-0.25, -0.2) is 4.98 Å². The molecule has 1 aliphatic rings. The second kappa shape index (κ2) is 8.24. The van der Waals surface area contributed by atoms with Gasteiger partial charge in [-0.2, -0.15) is 0 Å². The van der Waals surface area contributed by atoms with Crippen molar-refractivity contribution in [2.24, 2.45) is 0 Å². The number of carbonyl (C=O) groups excluding carboxylic acids is 1. The summed E-state index contributed by atoms with van der Waals surface area (Å²) in [6.45, 7) is 2.61. The molecule has 2 aromatic carbocycles. The molecule has 6 nitrogen and oxygen atoms in total. The average Bonchev–Trinajstić information content (AvgIpc) is 3.11. The van der Waals surface area contributed by atoms with Crippen molar-refractivity contribution in [1.29, 1.82) is 0 Å². The Morgan fingerprint density at radius 3 is 2.75 bits per heavy atom. The molecule has 160 valence electrons. The highest BCUT2D eigenvalue weighted by molar-refractivity contribution is 9.10. The Morgan fingerprint density at radius 2 is 1.97 bits per heavy atom. The third kappa shape index (κ3) is 3.39. The number of benzene rings is 2. The quantitative estimate of drug-likeness (QED) is 0.369. The Morgan fingerprint density at radius 1 is 1.09 bits per heavy atom. The van der Waals surface area contributed by atoms with Gasteiger partial charge in [-0.1, -0.05) is 41.1 Å². The fourth-order valence-corrected chi connectivity index (χ4v) is 4.35. The maximum absolute atomic E-state index is 13.6. The summed E-state index contributed by atoms with van der Waals surface area (Å²) in [5.41, 5.74) is 1.18. The largest absolute Gasteiger partial charge is 0.494 e. The van der Waals surface area contributed by atoms with Gasteiger partial charge in [-0.3, -0.25) is 14.5 Å². The van der Waals surface area contributed by atoms with E-state index in [9.17, 15) is 9.59 Å². The lowest BCUT2D eigenvalue weighted by atomic mass is 9.98. The number of hydrogen-bond donors (Lipinski definition) is 0. The molecule has 0 bridgehead atoms. The zero-order valence-corrected chi connectivity index (χ0v) is 18.8. The van der Waals surface area contributed by atoms with Gasteiger partial charge < -0.3 is 9.15 Å². The Hall–Kier alpha value is -3.45. The van der Waals surface area contributed by atoms with E-state index in [0.717, 1.165) is 16.5 Å². The summed E-state index contributed by atoms with van der Waals surface area (Å²) in [6, 6.07) is 17.3. The van der Waals surface area contributed by atoms with Crippen LogP contribution in [0.15, 0.2) is 80.5 Å². The van der Waals surface area contributed by atoms with Crippen LogP contribution < -0.4 is 15.1 Å². The average molecular weight is 491 g/mol. The van der Waals surface area contributed by atoms with Gasteiger partial charge in [0.15, 0.2) is 5.43 Å². The predicted octanol–water partition coefficient (Wildman–Crippen LogP) is 5.49. The summed E-state index contributed by atoms with van der Waals surface area (Å²) in [6.07, 6.45) is 2.49. The van der Waals surface area contributed by atoms with Crippen LogP contribution in [0.4, 0.5) is 5.82 Å². The van der Waals surface area contributed by atoms with Crippen LogP contribution in [0.2, 0.25) is 0 Å². The van der Waals surface area contributed by atoms with Crippen LogP contribution in [0.25, 0.3) is 11.0 Å². The van der Waals surface area contributed by atoms with Crippen LogP contribution in [0.1, 0.15) is 41.1 Å². The second-order valence-corrected chi connectivity index (χ2v) is 8.42. The van der Waals surface area contributed by atoms with Gasteiger partial charge in [0.25, 0.3) is 5.91 Å². The summed E-state index contributed by atoms with van der Waals surface area (Å²) in [7, 11) is 0. The van der Waals surface area contributed by atoms with Gasteiger partial charge >= 0.3 is 0 Å². The van der Waals surface area contributed by atoms with Gasteiger partial charge in [-0.15, -0.1) is 0 Å². The smallest absolute Gasteiger partial charge is 0.296 e. The molecular weight excluding hydrogens is 472 g/mol. The molecule has 0 N–H and O–H groups in total. The molecule has 1 unspecified atom stereocenters. The molecule has 0 saturated carbocycles. The SMILES string of the molecule is CCCOc1cccc(C2c3c(oc4ccc(Br)cc4c3=O)C(=O)N2c2ccccn2)c1. The molecule has 1 atom stereocenters. The van der Waals surface area contributed by atoms with E-state index in [1.54, 1.807) is 42.6 Å². The van der Waals surface area contributed by atoms with Crippen molar-refractivity contribution >= 4 is 38.6 Å². The first-order valence-corrected chi connectivity index (χ1v) is 11.1. The van der Waals surface area contributed by atoms with Crippen molar-refractivity contribution in [3.8, 4) is 5.75 Å². The third-order valence-corrected chi connectivity index (χ3v) is 5.87. The minimum atomic E-state index is -0.683. The number of pyridine rings is 1. The molecular formula is C25H19BrN2O4. The van der Waals surface area contributed by atoms with Gasteiger partial charge in [0.05, 0.1) is 23.6 Å². The van der Waals surface area contributed by atoms with Crippen LogP contribution in [-0.4, -0.2) is 17.5 Å². The van der Waals surface area contributed by atoms with Crippen LogP contribution in [0.3, 0.4) is 0 Å². The van der Waals surface area contributed by atoms with E-state index in [0.29, 0.717) is 34.7 Å². The van der Waals surface area contributed by atoms with Crippen molar-refractivity contribution in [2.45, 2.75) is 19.4 Å². The molecule has 3 heterocycles. The van der Waals surface area contributed by atoms with E-state index in [2.05, 4.69) is 20.9 Å². The van der Waals surface area contributed by atoms with Crippen LogP contribution in [0, 0.1) is 0 Å². The lowest BCUT2D eigenvalue weighted by Gasteiger charge is -2.24. The van der Waals surface area contributed by atoms with E-state index >= 15 is 0 Å². The highest BCUT2D eigenvalue weighted by Crippen LogP contribution is 2.41. The molecule has 1 amide bonds. The van der Waals surface area contributed by atoms with E-state index < -0.39 is 11.9 Å². The first kappa shape index (κ1) is 20.5. The van der Waals surface area contributed by atoms with Crippen LogP contribution in [0.5, 0.6) is 5.75 Å². The monoisotopic (exact) mass is 490 g/mol. The van der Waals surface area contributed by atoms with E-state index in [1.165, 1.54) is 4.90 Å². The van der Waals surface area contributed by atoms with Crippen molar-refractivity contribution in [1.82, 2.24) is 4.98 Å². The molecule has 32 heavy (non-hydrogen) atoms. The number of nitrogens with zero attached hydrogens (tertiary/aromatic N) is 2. The molecule has 0 saturated heterocycles. The minimum absolute atomic E-state index is 0.0420. The Balaban J connectivity index is 1.76. The second-order valence-electron chi connectivity index (χ2n) is 7.50. The summed E-state index contributed by atoms with van der Waals surface area (Å²) >= 11 is 3.42. The number of halogens is 1. The number of rotatable bonds is 5. The highest BCUT2D eigenvalue weighted by Gasteiger charge is 2.44. The van der Waals surface area contributed by atoms with E-state index in [-0.39, 0.29) is 11.2 Å². The van der Waals surface area contributed by atoms with Crippen molar-refractivity contribution in [3.05, 3.63) is 98.4 Å². The molecule has 7 heteroatoms. The summed E-state index contributed by atoms with van der Waals surface area (Å²) < 4.78 is 12.5. The summed E-state index contributed by atoms with van der Waals surface area (Å²) in [5, 5.41) is 0.414. The van der Waals surface area contributed by atoms with Crippen molar-refractivity contribution < 1.29 is 13.9 Å². The molecule has 0 spiro atoms. The maximum Gasteiger partial charge on any atom is 0.296 e. The first-order chi connectivity index (χ1) is 15.6. The van der Waals surface area contributed by atoms with Gasteiger partial charge in [0, 0.05) is 10.7 Å². The Bertz CT molecular complexity index is 1380. The third-order valence-electron chi connectivity index (χ3n) is 5.37. The van der Waals surface area contributed by atoms with E-state index in [4.69, 9.17) is 9.15 Å². The van der Waals surface area contributed by atoms with Gasteiger partial charge in [-0.05, 0) is 54.4 Å². The number of fused-ring (bicyclic) bond motifs is 2. The molecule has 0 fully saturated rings. The Labute approximate surface area is 192 Å². The number of carbonyl (C=O) groups is 1. The standard InChI is InChI=1S/C25H19BrN2O4/c1-2-12-31-17-7-5-6-15(13-17)22-21-23(29)18-14-16(26)9-10-19(18)32-24(21)25(30)28(22)20-8-3-4-11-27-20/h3-11,13-14,22H,2,12H2,1H3. The fraction of sp³-hybridized carbons (Fsp3) is 0.160. The number of ether oxygens (including phenoxy) is 1. The first-order valence-electron chi connectivity index (χ1n) is 10.3. The molecule has 4 aromatic rings. The topological polar surface area (TPSA) is 72.6 Å². The maximum atomic E-state index is 13.6. The molecule has 0 radical (unpaired) electrons. The number of aromatic nitrogens is 1. The number of amides is 1. The number of anilines is 1. The van der Waals surface area contributed by atoms with Crippen molar-refractivity contribution in [2.75, 3.05) is 11.5 Å². The molecule has 5 rings (SSSR count).